The number of nitrogens with zero attached hydrogens (tertiary/aromatic N) is 6. The number of morpholine rings is 1. The van der Waals surface area contributed by atoms with Gasteiger partial charge in [0.2, 0.25) is 11.9 Å². The molecule has 2 fully saturated rings. The van der Waals surface area contributed by atoms with E-state index in [0.717, 1.165) is 24.0 Å². The topological polar surface area (TPSA) is 109 Å². The van der Waals surface area contributed by atoms with Gasteiger partial charge in [-0.1, -0.05) is 12.1 Å². The number of phenolic OH excluding ortho intramolecular Hbond substituents is 1. The molecule has 2 aliphatic heterocycles. The van der Waals surface area contributed by atoms with Gasteiger partial charge < -0.3 is 25.0 Å². The Balaban J connectivity index is 1.56. The van der Waals surface area contributed by atoms with Gasteiger partial charge in [0, 0.05) is 44.8 Å². The van der Waals surface area contributed by atoms with Gasteiger partial charge in [-0.25, -0.2) is 9.67 Å². The van der Waals surface area contributed by atoms with Gasteiger partial charge in [0.15, 0.2) is 5.65 Å². The van der Waals surface area contributed by atoms with Crippen LogP contribution in [0.3, 0.4) is 0 Å². The van der Waals surface area contributed by atoms with Crippen LogP contribution in [-0.2, 0) is 16.1 Å². The lowest BCUT2D eigenvalue weighted by atomic mass is 10.1. The Bertz CT molecular complexity index is 1090. The third-order valence-corrected chi connectivity index (χ3v) is 5.65. The zero-order valence-electron chi connectivity index (χ0n) is 17.2. The molecular formula is C21H25N7O3. The molecule has 0 spiro atoms. The Morgan fingerprint density at radius 2 is 1.94 bits per heavy atom. The molecule has 1 amide bonds. The standard InChI is InChI=1S/C21H25N7O3/c29-16-3-1-2-15(12-16)19-17-13-23-28(14-18(30)26-6-4-22-5-7-26)20(17)25-21(24-19)27-8-10-31-11-9-27/h1-3,12-13,22,29H,4-11,14H2. The minimum atomic E-state index is 0.0249. The molecule has 10 nitrogen and oxygen atoms in total. The average molecular weight is 423 g/mol. The van der Waals surface area contributed by atoms with Crippen LogP contribution < -0.4 is 10.2 Å². The summed E-state index contributed by atoms with van der Waals surface area (Å²) in [4.78, 5) is 26.3. The van der Waals surface area contributed by atoms with E-state index in [1.165, 1.54) is 0 Å². The molecule has 2 N–H and O–H groups in total. The van der Waals surface area contributed by atoms with E-state index in [1.807, 2.05) is 11.0 Å². The predicted octanol–water partition coefficient (Wildman–Crippen LogP) is 0.467. The smallest absolute Gasteiger partial charge is 0.244 e. The van der Waals surface area contributed by atoms with Crippen molar-refractivity contribution in [2.24, 2.45) is 0 Å². The summed E-state index contributed by atoms with van der Waals surface area (Å²) in [6.45, 7) is 5.74. The second-order valence-electron chi connectivity index (χ2n) is 7.69. The fourth-order valence-corrected chi connectivity index (χ4v) is 3.98. The molecule has 5 rings (SSSR count). The number of amides is 1. The highest BCUT2D eigenvalue weighted by Crippen LogP contribution is 2.30. The summed E-state index contributed by atoms with van der Waals surface area (Å²) in [5.41, 5.74) is 2.07. The summed E-state index contributed by atoms with van der Waals surface area (Å²) in [5.74, 6) is 0.765. The number of carbonyl (C=O) groups excluding carboxylic acids is 1. The quantitative estimate of drug-likeness (QED) is 0.623. The Morgan fingerprint density at radius 1 is 1.13 bits per heavy atom. The fraction of sp³-hybridized carbons (Fsp3) is 0.429. The Kier molecular flexibility index (Phi) is 5.39. The third kappa shape index (κ3) is 4.04. The summed E-state index contributed by atoms with van der Waals surface area (Å²) < 4.78 is 7.12. The Hall–Kier alpha value is -3.24. The van der Waals surface area contributed by atoms with Crippen LogP contribution in [0.1, 0.15) is 0 Å². The number of hydrogen-bond donors (Lipinski definition) is 2. The first-order valence-corrected chi connectivity index (χ1v) is 10.5. The van der Waals surface area contributed by atoms with Crippen molar-refractivity contribution >= 4 is 22.9 Å². The van der Waals surface area contributed by atoms with E-state index >= 15 is 0 Å². The van der Waals surface area contributed by atoms with E-state index in [0.29, 0.717) is 56.7 Å². The van der Waals surface area contributed by atoms with Crippen LogP contribution in [0.4, 0.5) is 5.95 Å². The molecule has 3 aromatic rings. The number of aromatic hydroxyl groups is 1. The van der Waals surface area contributed by atoms with Crippen LogP contribution in [0.15, 0.2) is 30.5 Å². The first kappa shape index (κ1) is 19.7. The molecule has 2 saturated heterocycles. The molecule has 0 bridgehead atoms. The molecule has 0 atom stereocenters. The molecule has 162 valence electrons. The highest BCUT2D eigenvalue weighted by atomic mass is 16.5. The average Bonchev–Trinajstić information content (AvgIpc) is 3.22. The van der Waals surface area contributed by atoms with Crippen molar-refractivity contribution in [2.45, 2.75) is 6.54 Å². The lowest BCUT2D eigenvalue weighted by molar-refractivity contribution is -0.132. The first-order valence-electron chi connectivity index (χ1n) is 10.5. The first-order chi connectivity index (χ1) is 15.2. The second-order valence-corrected chi connectivity index (χ2v) is 7.69. The van der Waals surface area contributed by atoms with E-state index in [4.69, 9.17) is 14.7 Å². The van der Waals surface area contributed by atoms with Crippen LogP contribution in [-0.4, -0.2) is 88.1 Å². The van der Waals surface area contributed by atoms with Crippen LogP contribution in [0.5, 0.6) is 5.75 Å². The van der Waals surface area contributed by atoms with Crippen molar-refractivity contribution in [3.63, 3.8) is 0 Å². The fourth-order valence-electron chi connectivity index (χ4n) is 3.98. The molecule has 0 unspecified atom stereocenters. The molecule has 2 aliphatic rings. The van der Waals surface area contributed by atoms with Gasteiger partial charge in [-0.3, -0.25) is 4.79 Å². The minimum absolute atomic E-state index is 0.0249. The number of aromatic nitrogens is 4. The molecule has 1 aromatic carbocycles. The lowest BCUT2D eigenvalue weighted by Gasteiger charge is -2.28. The van der Waals surface area contributed by atoms with E-state index in [9.17, 15) is 9.90 Å². The van der Waals surface area contributed by atoms with E-state index in [2.05, 4.69) is 15.3 Å². The van der Waals surface area contributed by atoms with Crippen LogP contribution >= 0.6 is 0 Å². The highest BCUT2D eigenvalue weighted by molar-refractivity contribution is 5.92. The second kappa shape index (κ2) is 8.48. The van der Waals surface area contributed by atoms with Crippen LogP contribution in [0, 0.1) is 0 Å². The normalized spacial score (nSPS) is 17.3. The number of benzene rings is 1. The van der Waals surface area contributed by atoms with E-state index in [1.54, 1.807) is 29.1 Å². The highest BCUT2D eigenvalue weighted by Gasteiger charge is 2.22. The number of rotatable bonds is 4. The molecular weight excluding hydrogens is 398 g/mol. The van der Waals surface area contributed by atoms with E-state index < -0.39 is 0 Å². The van der Waals surface area contributed by atoms with Gasteiger partial charge in [-0.15, -0.1) is 0 Å². The summed E-state index contributed by atoms with van der Waals surface area (Å²) in [6.07, 6.45) is 1.70. The molecule has 0 saturated carbocycles. The number of anilines is 1. The van der Waals surface area contributed by atoms with Gasteiger partial charge >= 0.3 is 0 Å². The van der Waals surface area contributed by atoms with Gasteiger partial charge in [-0.05, 0) is 12.1 Å². The summed E-state index contributed by atoms with van der Waals surface area (Å²) >= 11 is 0. The number of ether oxygens (including phenoxy) is 1. The van der Waals surface area contributed by atoms with Crippen molar-refractivity contribution in [3.05, 3.63) is 30.5 Å². The lowest BCUT2D eigenvalue weighted by Crippen LogP contribution is -2.47. The van der Waals surface area contributed by atoms with Crippen molar-refractivity contribution < 1.29 is 14.6 Å². The van der Waals surface area contributed by atoms with Gasteiger partial charge in [0.05, 0.1) is 30.5 Å². The summed E-state index contributed by atoms with van der Waals surface area (Å²) in [7, 11) is 0. The van der Waals surface area contributed by atoms with Gasteiger partial charge in [-0.2, -0.15) is 10.1 Å². The van der Waals surface area contributed by atoms with Crippen molar-refractivity contribution in [1.29, 1.82) is 0 Å². The number of piperazine rings is 1. The maximum absolute atomic E-state index is 12.8. The minimum Gasteiger partial charge on any atom is -0.508 e. The number of hydrogen-bond acceptors (Lipinski definition) is 8. The largest absolute Gasteiger partial charge is 0.508 e. The zero-order chi connectivity index (χ0) is 21.2. The summed E-state index contributed by atoms with van der Waals surface area (Å²) in [5, 5.41) is 18.5. The molecule has 31 heavy (non-hydrogen) atoms. The number of carbonyl (C=O) groups is 1. The summed E-state index contributed by atoms with van der Waals surface area (Å²) in [6, 6.07) is 6.98. The number of phenols is 1. The maximum atomic E-state index is 12.8. The van der Waals surface area contributed by atoms with E-state index in [-0.39, 0.29) is 18.2 Å². The van der Waals surface area contributed by atoms with Crippen LogP contribution in [0.25, 0.3) is 22.3 Å². The van der Waals surface area contributed by atoms with Crippen molar-refractivity contribution in [3.8, 4) is 17.0 Å². The zero-order valence-corrected chi connectivity index (χ0v) is 17.2. The number of nitrogens with one attached hydrogen (secondary N) is 1. The monoisotopic (exact) mass is 423 g/mol. The molecule has 0 aliphatic carbocycles. The van der Waals surface area contributed by atoms with Crippen molar-refractivity contribution in [1.82, 2.24) is 30.0 Å². The van der Waals surface area contributed by atoms with Crippen LogP contribution in [0.2, 0.25) is 0 Å². The van der Waals surface area contributed by atoms with Gasteiger partial charge in [0.25, 0.3) is 0 Å². The van der Waals surface area contributed by atoms with Gasteiger partial charge in [0.1, 0.15) is 12.3 Å². The SMILES string of the molecule is O=C(Cn1ncc2c(-c3cccc(O)c3)nc(N3CCOCC3)nc21)N1CCNCC1. The Morgan fingerprint density at radius 3 is 2.71 bits per heavy atom. The molecule has 2 aromatic heterocycles. The number of fused-ring (bicyclic) bond motifs is 1. The van der Waals surface area contributed by atoms with Crippen molar-refractivity contribution in [2.75, 3.05) is 57.4 Å². The molecule has 0 radical (unpaired) electrons. The molecule has 4 heterocycles. The maximum Gasteiger partial charge on any atom is 0.244 e. The molecule has 10 heteroatoms. The predicted molar refractivity (Wildman–Crippen MR) is 115 cm³/mol. The Labute approximate surface area is 179 Å². The third-order valence-electron chi connectivity index (χ3n) is 5.65.